The maximum Gasteiger partial charge on any atom is 0.224 e. The first-order chi connectivity index (χ1) is 12.2. The number of benzene rings is 2. The predicted molar refractivity (Wildman–Crippen MR) is 107 cm³/mol. The topological polar surface area (TPSA) is 50.4 Å². The van der Waals surface area contributed by atoms with Crippen molar-refractivity contribution in [3.8, 4) is 5.75 Å². The Morgan fingerprint density at radius 1 is 1.15 bits per heavy atom. The summed E-state index contributed by atoms with van der Waals surface area (Å²) < 4.78 is 5.83. The van der Waals surface area contributed by atoms with Gasteiger partial charge in [-0.15, -0.1) is 12.4 Å². The number of piperidine rings is 1. The molecule has 0 radical (unpaired) electrons. The Morgan fingerprint density at radius 2 is 1.88 bits per heavy atom. The highest BCUT2D eigenvalue weighted by Crippen LogP contribution is 2.24. The number of rotatable bonds is 6. The fraction of sp³-hybridized carbons (Fsp3) is 0.350. The van der Waals surface area contributed by atoms with Gasteiger partial charge in [0.25, 0.3) is 0 Å². The molecule has 1 atom stereocenters. The predicted octanol–water partition coefficient (Wildman–Crippen LogP) is 3.96. The van der Waals surface area contributed by atoms with E-state index in [4.69, 9.17) is 16.3 Å². The molecule has 1 aliphatic rings. The van der Waals surface area contributed by atoms with Crippen LogP contribution in [0.5, 0.6) is 5.75 Å². The van der Waals surface area contributed by atoms with Gasteiger partial charge in [-0.2, -0.15) is 0 Å². The Balaban J connectivity index is 0.00000243. The molecule has 0 bridgehead atoms. The zero-order chi connectivity index (χ0) is 17.5. The maximum atomic E-state index is 12.3. The van der Waals surface area contributed by atoms with Crippen molar-refractivity contribution in [1.82, 2.24) is 10.6 Å². The average molecular weight is 395 g/mol. The molecule has 0 spiro atoms. The number of hydrogen-bond donors (Lipinski definition) is 2. The first-order valence-electron chi connectivity index (χ1n) is 8.66. The van der Waals surface area contributed by atoms with Crippen LogP contribution in [-0.4, -0.2) is 19.0 Å². The molecule has 2 aromatic rings. The second-order valence-corrected chi connectivity index (χ2v) is 6.66. The largest absolute Gasteiger partial charge is 0.487 e. The third-order valence-corrected chi connectivity index (χ3v) is 4.77. The molecule has 1 heterocycles. The van der Waals surface area contributed by atoms with Crippen molar-refractivity contribution in [2.24, 2.45) is 5.92 Å². The molecule has 1 fully saturated rings. The second kappa shape index (κ2) is 10.4. The van der Waals surface area contributed by atoms with Gasteiger partial charge in [0.2, 0.25) is 5.91 Å². The lowest BCUT2D eigenvalue weighted by Crippen LogP contribution is -2.40. The molecule has 1 saturated heterocycles. The smallest absolute Gasteiger partial charge is 0.224 e. The lowest BCUT2D eigenvalue weighted by molar-refractivity contribution is -0.125. The van der Waals surface area contributed by atoms with Crippen molar-refractivity contribution in [3.63, 3.8) is 0 Å². The molecule has 1 amide bonds. The van der Waals surface area contributed by atoms with E-state index in [0.29, 0.717) is 23.9 Å². The summed E-state index contributed by atoms with van der Waals surface area (Å²) in [4.78, 5) is 12.3. The molecule has 2 N–H and O–H groups in total. The second-order valence-electron chi connectivity index (χ2n) is 6.25. The molecule has 3 rings (SSSR count). The van der Waals surface area contributed by atoms with Crippen molar-refractivity contribution in [1.29, 1.82) is 0 Å². The summed E-state index contributed by atoms with van der Waals surface area (Å²) in [5.41, 5.74) is 2.11. The molecule has 4 nitrogen and oxygen atoms in total. The van der Waals surface area contributed by atoms with Crippen LogP contribution in [0.4, 0.5) is 0 Å². The SMILES string of the molecule is Cl.O=C(NCc1ccccc1COc1ccccc1Cl)C1CCCNC1. The molecule has 26 heavy (non-hydrogen) atoms. The molecule has 2 aromatic carbocycles. The van der Waals surface area contributed by atoms with Crippen LogP contribution in [0.15, 0.2) is 48.5 Å². The average Bonchev–Trinajstić information content (AvgIpc) is 2.67. The van der Waals surface area contributed by atoms with Crippen molar-refractivity contribution in [2.45, 2.75) is 26.0 Å². The van der Waals surface area contributed by atoms with E-state index in [1.807, 2.05) is 42.5 Å². The van der Waals surface area contributed by atoms with Crippen molar-refractivity contribution in [2.75, 3.05) is 13.1 Å². The van der Waals surface area contributed by atoms with Gasteiger partial charge in [0, 0.05) is 13.1 Å². The minimum Gasteiger partial charge on any atom is -0.487 e. The molecular formula is C20H24Cl2N2O2. The lowest BCUT2D eigenvalue weighted by atomic mass is 9.98. The number of nitrogens with one attached hydrogen (secondary N) is 2. The van der Waals surface area contributed by atoms with E-state index in [-0.39, 0.29) is 24.2 Å². The minimum absolute atomic E-state index is 0. The monoisotopic (exact) mass is 394 g/mol. The Morgan fingerprint density at radius 3 is 2.62 bits per heavy atom. The van der Waals surface area contributed by atoms with E-state index in [1.54, 1.807) is 6.07 Å². The van der Waals surface area contributed by atoms with Crippen LogP contribution in [0.2, 0.25) is 5.02 Å². The highest BCUT2D eigenvalue weighted by Gasteiger charge is 2.20. The first kappa shape index (κ1) is 20.6. The van der Waals surface area contributed by atoms with E-state index in [1.165, 1.54) is 0 Å². The van der Waals surface area contributed by atoms with E-state index in [0.717, 1.165) is 37.1 Å². The Kier molecular flexibility index (Phi) is 8.23. The first-order valence-corrected chi connectivity index (χ1v) is 9.04. The summed E-state index contributed by atoms with van der Waals surface area (Å²) >= 11 is 6.13. The van der Waals surface area contributed by atoms with Crippen molar-refractivity contribution < 1.29 is 9.53 Å². The molecule has 140 valence electrons. The van der Waals surface area contributed by atoms with Gasteiger partial charge < -0.3 is 15.4 Å². The summed E-state index contributed by atoms with van der Waals surface area (Å²) in [6.45, 7) is 2.70. The van der Waals surface area contributed by atoms with E-state index in [9.17, 15) is 4.79 Å². The minimum atomic E-state index is 0. The Bertz CT molecular complexity index is 718. The maximum absolute atomic E-state index is 12.3. The van der Waals surface area contributed by atoms with E-state index in [2.05, 4.69) is 10.6 Å². The fourth-order valence-corrected chi connectivity index (χ4v) is 3.18. The number of para-hydroxylation sites is 1. The van der Waals surface area contributed by atoms with Crippen LogP contribution >= 0.6 is 24.0 Å². The Hall–Kier alpha value is -1.75. The van der Waals surface area contributed by atoms with Gasteiger partial charge in [-0.25, -0.2) is 0 Å². The zero-order valence-corrected chi connectivity index (χ0v) is 16.1. The molecular weight excluding hydrogens is 371 g/mol. The number of carbonyl (C=O) groups excluding carboxylic acids is 1. The molecule has 0 aromatic heterocycles. The summed E-state index contributed by atoms with van der Waals surface area (Å²) in [6.07, 6.45) is 2.01. The van der Waals surface area contributed by atoms with Gasteiger partial charge in [-0.05, 0) is 42.6 Å². The van der Waals surface area contributed by atoms with Gasteiger partial charge in [0.05, 0.1) is 10.9 Å². The van der Waals surface area contributed by atoms with Crippen LogP contribution in [0, 0.1) is 5.92 Å². The van der Waals surface area contributed by atoms with Gasteiger partial charge in [-0.3, -0.25) is 4.79 Å². The number of amides is 1. The molecule has 0 saturated carbocycles. The number of halogens is 2. The van der Waals surface area contributed by atoms with Crippen LogP contribution in [0.1, 0.15) is 24.0 Å². The highest BCUT2D eigenvalue weighted by molar-refractivity contribution is 6.32. The third-order valence-electron chi connectivity index (χ3n) is 4.46. The fourth-order valence-electron chi connectivity index (χ4n) is 2.99. The summed E-state index contributed by atoms with van der Waals surface area (Å²) in [7, 11) is 0. The normalized spacial score (nSPS) is 16.4. The molecule has 0 aliphatic carbocycles. The van der Waals surface area contributed by atoms with Crippen molar-refractivity contribution in [3.05, 3.63) is 64.7 Å². The van der Waals surface area contributed by atoms with E-state index < -0.39 is 0 Å². The van der Waals surface area contributed by atoms with E-state index >= 15 is 0 Å². The van der Waals surface area contributed by atoms with Crippen LogP contribution < -0.4 is 15.4 Å². The Labute approximate surface area is 165 Å². The van der Waals surface area contributed by atoms with Crippen molar-refractivity contribution >= 4 is 29.9 Å². The van der Waals surface area contributed by atoms with Crippen LogP contribution in [0.3, 0.4) is 0 Å². The van der Waals surface area contributed by atoms with Gasteiger partial charge in [-0.1, -0.05) is 48.0 Å². The van der Waals surface area contributed by atoms with Crippen LogP contribution in [0.25, 0.3) is 0 Å². The summed E-state index contributed by atoms with van der Waals surface area (Å²) in [6, 6.07) is 15.4. The number of ether oxygens (including phenoxy) is 1. The lowest BCUT2D eigenvalue weighted by Gasteiger charge is -2.22. The molecule has 6 heteroatoms. The summed E-state index contributed by atoms with van der Waals surface area (Å²) in [5, 5.41) is 6.93. The standard InChI is InChI=1S/C20H23ClN2O2.ClH/c21-18-9-3-4-10-19(18)25-14-17-7-2-1-6-15(17)13-23-20(24)16-8-5-11-22-12-16;/h1-4,6-7,9-10,16,22H,5,8,11-14H2,(H,23,24);1H. The molecule has 1 unspecified atom stereocenters. The van der Waals surface area contributed by atoms with Crippen LogP contribution in [-0.2, 0) is 17.9 Å². The van der Waals surface area contributed by atoms with Gasteiger partial charge in [0.1, 0.15) is 12.4 Å². The molecule has 1 aliphatic heterocycles. The summed E-state index contributed by atoms with van der Waals surface area (Å²) in [5.74, 6) is 0.852. The zero-order valence-electron chi connectivity index (χ0n) is 14.5. The van der Waals surface area contributed by atoms with Gasteiger partial charge in [0.15, 0.2) is 0 Å². The third kappa shape index (κ3) is 5.63. The number of carbonyl (C=O) groups is 1. The highest BCUT2D eigenvalue weighted by atomic mass is 35.5. The number of hydrogen-bond acceptors (Lipinski definition) is 3. The van der Waals surface area contributed by atoms with Gasteiger partial charge >= 0.3 is 0 Å². The quantitative estimate of drug-likeness (QED) is 0.779.